The molecule has 0 aromatic rings. The first-order valence-corrected chi connectivity index (χ1v) is 5.00. The lowest BCUT2D eigenvalue weighted by atomic mass is 9.99. The van der Waals surface area contributed by atoms with Crippen molar-refractivity contribution in [2.24, 2.45) is 5.92 Å². The molecule has 2 aliphatic heterocycles. The van der Waals surface area contributed by atoms with Gasteiger partial charge in [-0.05, 0) is 31.8 Å². The molecule has 4 heteroatoms. The van der Waals surface area contributed by atoms with Crippen LogP contribution in [-0.4, -0.2) is 37.2 Å². The van der Waals surface area contributed by atoms with Gasteiger partial charge in [0.05, 0.1) is 6.61 Å². The summed E-state index contributed by atoms with van der Waals surface area (Å²) in [5, 5.41) is 4.70. The van der Waals surface area contributed by atoms with Crippen LogP contribution in [0.25, 0.3) is 0 Å². The van der Waals surface area contributed by atoms with Crippen molar-refractivity contribution >= 4 is 5.91 Å². The van der Waals surface area contributed by atoms with Crippen molar-refractivity contribution in [2.45, 2.75) is 19.3 Å². The molecule has 0 bridgehead atoms. The van der Waals surface area contributed by atoms with Crippen LogP contribution in [0.4, 0.5) is 0 Å². The lowest BCUT2D eigenvalue weighted by Gasteiger charge is -2.31. The highest BCUT2D eigenvalue weighted by atomic mass is 16.7. The monoisotopic (exact) mass is 184 g/mol. The summed E-state index contributed by atoms with van der Waals surface area (Å²) >= 11 is 0. The minimum Gasteiger partial charge on any atom is -0.316 e. The van der Waals surface area contributed by atoms with Crippen molar-refractivity contribution in [1.82, 2.24) is 10.4 Å². The third kappa shape index (κ3) is 2.19. The molecule has 0 atom stereocenters. The Bertz CT molecular complexity index is 186. The maximum Gasteiger partial charge on any atom is 0.246 e. The molecular weight excluding hydrogens is 168 g/mol. The van der Waals surface area contributed by atoms with E-state index in [9.17, 15) is 4.79 Å². The first-order chi connectivity index (χ1) is 6.36. The lowest BCUT2D eigenvalue weighted by Crippen LogP contribution is -2.46. The van der Waals surface area contributed by atoms with Gasteiger partial charge in [-0.3, -0.25) is 9.63 Å². The zero-order valence-corrected chi connectivity index (χ0v) is 7.79. The van der Waals surface area contributed by atoms with Crippen LogP contribution >= 0.6 is 0 Å². The fraction of sp³-hybridized carbons (Fsp3) is 0.889. The van der Waals surface area contributed by atoms with Crippen molar-refractivity contribution in [3.63, 3.8) is 0 Å². The molecule has 0 aromatic heterocycles. The van der Waals surface area contributed by atoms with Gasteiger partial charge >= 0.3 is 0 Å². The van der Waals surface area contributed by atoms with E-state index in [2.05, 4.69) is 5.32 Å². The standard InChI is InChI=1S/C9H16N2O2/c12-9(5-8-6-10-7-8)11-3-1-2-4-13-11/h8,10H,1-7H2. The van der Waals surface area contributed by atoms with Crippen molar-refractivity contribution in [3.05, 3.63) is 0 Å². The van der Waals surface area contributed by atoms with Gasteiger partial charge in [0.1, 0.15) is 0 Å². The summed E-state index contributed by atoms with van der Waals surface area (Å²) in [5.74, 6) is 0.698. The molecule has 1 amide bonds. The Hall–Kier alpha value is -0.610. The molecule has 0 spiro atoms. The molecule has 2 fully saturated rings. The molecule has 74 valence electrons. The summed E-state index contributed by atoms with van der Waals surface area (Å²) in [6.45, 7) is 3.45. The van der Waals surface area contributed by atoms with Gasteiger partial charge in [-0.2, -0.15) is 0 Å². The van der Waals surface area contributed by atoms with Gasteiger partial charge < -0.3 is 5.32 Å². The van der Waals surface area contributed by atoms with Gasteiger partial charge in [0.2, 0.25) is 5.91 Å². The molecule has 2 saturated heterocycles. The average molecular weight is 184 g/mol. The summed E-state index contributed by atoms with van der Waals surface area (Å²) in [7, 11) is 0. The van der Waals surface area contributed by atoms with Crippen LogP contribution in [0.15, 0.2) is 0 Å². The highest BCUT2D eigenvalue weighted by molar-refractivity contribution is 5.75. The molecule has 0 unspecified atom stereocenters. The maximum atomic E-state index is 11.6. The van der Waals surface area contributed by atoms with Gasteiger partial charge in [-0.1, -0.05) is 0 Å². The molecule has 4 nitrogen and oxygen atoms in total. The first kappa shape index (κ1) is 8.97. The SMILES string of the molecule is O=C(CC1CNC1)N1CCCCO1. The number of hydroxylamine groups is 2. The van der Waals surface area contributed by atoms with Crippen molar-refractivity contribution in [1.29, 1.82) is 0 Å². The summed E-state index contributed by atoms with van der Waals surface area (Å²) < 4.78 is 0. The van der Waals surface area contributed by atoms with Gasteiger partial charge in [-0.25, -0.2) is 5.06 Å². The summed E-state index contributed by atoms with van der Waals surface area (Å²) in [5.41, 5.74) is 0. The van der Waals surface area contributed by atoms with Crippen LogP contribution in [0, 0.1) is 5.92 Å². The zero-order valence-electron chi connectivity index (χ0n) is 7.79. The molecule has 0 aromatic carbocycles. The Morgan fingerprint density at radius 3 is 2.85 bits per heavy atom. The highest BCUT2D eigenvalue weighted by Crippen LogP contribution is 2.13. The van der Waals surface area contributed by atoms with E-state index >= 15 is 0 Å². The van der Waals surface area contributed by atoms with Crippen molar-refractivity contribution in [3.8, 4) is 0 Å². The van der Waals surface area contributed by atoms with Gasteiger partial charge in [0.15, 0.2) is 0 Å². The van der Waals surface area contributed by atoms with Crippen LogP contribution in [0.2, 0.25) is 0 Å². The zero-order chi connectivity index (χ0) is 9.10. The quantitative estimate of drug-likeness (QED) is 0.664. The van der Waals surface area contributed by atoms with Crippen LogP contribution in [-0.2, 0) is 9.63 Å². The third-order valence-electron chi connectivity index (χ3n) is 2.61. The van der Waals surface area contributed by atoms with E-state index in [0.29, 0.717) is 18.9 Å². The Balaban J connectivity index is 1.74. The largest absolute Gasteiger partial charge is 0.316 e. The predicted octanol–water partition coefficient (Wildman–Crippen LogP) is 0.150. The normalized spacial score (nSPS) is 24.2. The van der Waals surface area contributed by atoms with Gasteiger partial charge in [-0.15, -0.1) is 0 Å². The highest BCUT2D eigenvalue weighted by Gasteiger charge is 2.24. The number of hydrogen-bond donors (Lipinski definition) is 1. The third-order valence-corrected chi connectivity index (χ3v) is 2.61. The molecule has 2 aliphatic rings. The maximum absolute atomic E-state index is 11.6. The first-order valence-electron chi connectivity index (χ1n) is 5.00. The molecule has 13 heavy (non-hydrogen) atoms. The van der Waals surface area contributed by atoms with E-state index in [-0.39, 0.29) is 5.91 Å². The number of nitrogens with zero attached hydrogens (tertiary/aromatic N) is 1. The van der Waals surface area contributed by atoms with Crippen LogP contribution < -0.4 is 5.32 Å². The van der Waals surface area contributed by atoms with E-state index in [4.69, 9.17) is 4.84 Å². The fourth-order valence-electron chi connectivity index (χ4n) is 1.64. The van der Waals surface area contributed by atoms with Gasteiger partial charge in [0.25, 0.3) is 0 Å². The number of nitrogens with one attached hydrogen (secondary N) is 1. The Kier molecular flexibility index (Phi) is 2.80. The number of carbonyl (C=O) groups is 1. The predicted molar refractivity (Wildman–Crippen MR) is 47.9 cm³/mol. The lowest BCUT2D eigenvalue weighted by molar-refractivity contribution is -0.198. The fourth-order valence-corrected chi connectivity index (χ4v) is 1.64. The molecule has 2 rings (SSSR count). The number of amides is 1. The van der Waals surface area contributed by atoms with E-state index < -0.39 is 0 Å². The Morgan fingerprint density at radius 2 is 2.31 bits per heavy atom. The minimum atomic E-state index is 0.159. The van der Waals surface area contributed by atoms with Crippen molar-refractivity contribution in [2.75, 3.05) is 26.2 Å². The molecule has 2 heterocycles. The summed E-state index contributed by atoms with van der Waals surface area (Å²) in [6.07, 6.45) is 2.80. The molecular formula is C9H16N2O2. The molecule has 0 saturated carbocycles. The van der Waals surface area contributed by atoms with Crippen LogP contribution in [0.1, 0.15) is 19.3 Å². The minimum absolute atomic E-state index is 0.159. The second-order valence-corrected chi connectivity index (χ2v) is 3.76. The van der Waals surface area contributed by atoms with E-state index in [1.165, 1.54) is 0 Å². The smallest absolute Gasteiger partial charge is 0.246 e. The molecule has 0 radical (unpaired) electrons. The Morgan fingerprint density at radius 1 is 1.46 bits per heavy atom. The summed E-state index contributed by atoms with van der Waals surface area (Å²) in [4.78, 5) is 16.8. The Labute approximate surface area is 78.2 Å². The van der Waals surface area contributed by atoms with Crippen molar-refractivity contribution < 1.29 is 9.63 Å². The van der Waals surface area contributed by atoms with E-state index in [1.807, 2.05) is 0 Å². The van der Waals surface area contributed by atoms with E-state index in [0.717, 1.165) is 32.5 Å². The number of rotatable bonds is 2. The van der Waals surface area contributed by atoms with E-state index in [1.54, 1.807) is 5.06 Å². The molecule has 0 aliphatic carbocycles. The average Bonchev–Trinajstić information content (AvgIpc) is 2.12. The number of hydrogen-bond acceptors (Lipinski definition) is 3. The van der Waals surface area contributed by atoms with Gasteiger partial charge in [0, 0.05) is 13.0 Å². The topological polar surface area (TPSA) is 41.6 Å². The van der Waals surface area contributed by atoms with Crippen LogP contribution in [0.5, 0.6) is 0 Å². The molecule has 1 N–H and O–H groups in total. The summed E-state index contributed by atoms with van der Waals surface area (Å²) in [6, 6.07) is 0. The second kappa shape index (κ2) is 4.07. The number of carbonyl (C=O) groups excluding carboxylic acids is 1. The van der Waals surface area contributed by atoms with Crippen LogP contribution in [0.3, 0.4) is 0 Å². The second-order valence-electron chi connectivity index (χ2n) is 3.76.